The van der Waals surface area contributed by atoms with E-state index in [-0.39, 0.29) is 12.1 Å². The molecule has 0 saturated carbocycles. The maximum atomic E-state index is 5.72. The Labute approximate surface area is 159 Å². The van der Waals surface area contributed by atoms with Crippen LogP contribution in [-0.4, -0.2) is 19.6 Å². The lowest BCUT2D eigenvalue weighted by Gasteiger charge is -2.28. The first-order valence-electron chi connectivity index (χ1n) is 8.79. The fraction of sp³-hybridized carbons (Fsp3) is 0.238. The van der Waals surface area contributed by atoms with Crippen molar-refractivity contribution in [1.82, 2.24) is 19.8 Å². The highest BCUT2D eigenvalue weighted by Gasteiger charge is 2.40. The molecule has 0 radical (unpaired) electrons. The highest BCUT2D eigenvalue weighted by Crippen LogP contribution is 2.39. The zero-order chi connectivity index (χ0) is 18.1. The normalized spacial score (nSPS) is 19.6. The third-order valence-corrected chi connectivity index (χ3v) is 5.46. The largest absolute Gasteiger partial charge is 0.352 e. The number of nitrogens with zero attached hydrogens (tertiary/aromatic N) is 3. The van der Waals surface area contributed by atoms with E-state index < -0.39 is 0 Å². The summed E-state index contributed by atoms with van der Waals surface area (Å²) in [7, 11) is 2.11. The van der Waals surface area contributed by atoms with Crippen molar-refractivity contribution in [3.05, 3.63) is 89.5 Å². The van der Waals surface area contributed by atoms with Gasteiger partial charge in [-0.05, 0) is 49.0 Å². The van der Waals surface area contributed by atoms with E-state index in [1.165, 1.54) is 17.0 Å². The van der Waals surface area contributed by atoms with E-state index in [1.807, 2.05) is 24.4 Å². The summed E-state index contributed by atoms with van der Waals surface area (Å²) in [4.78, 5) is 6.87. The second-order valence-electron chi connectivity index (χ2n) is 6.70. The van der Waals surface area contributed by atoms with Gasteiger partial charge in [-0.2, -0.15) is 0 Å². The number of rotatable bonds is 4. The zero-order valence-corrected chi connectivity index (χ0v) is 15.8. The van der Waals surface area contributed by atoms with Gasteiger partial charge in [-0.3, -0.25) is 4.98 Å². The maximum absolute atomic E-state index is 5.72. The van der Waals surface area contributed by atoms with Crippen LogP contribution < -0.4 is 5.32 Å². The Morgan fingerprint density at radius 3 is 2.46 bits per heavy atom. The number of benzene rings is 1. The van der Waals surface area contributed by atoms with Gasteiger partial charge in [-0.15, -0.1) is 0 Å². The molecule has 5 heteroatoms. The second-order valence-corrected chi connectivity index (χ2v) is 7.09. The SMILES string of the molecule is Cc1ccc(C2C(c3ccccn3)NC(=S)N2Cc2ccccc2)n1C. The number of pyridine rings is 1. The maximum Gasteiger partial charge on any atom is 0.170 e. The van der Waals surface area contributed by atoms with Gasteiger partial charge < -0.3 is 14.8 Å². The Kier molecular flexibility index (Phi) is 4.47. The molecule has 1 aromatic carbocycles. The molecule has 2 aromatic heterocycles. The fourth-order valence-electron chi connectivity index (χ4n) is 3.61. The van der Waals surface area contributed by atoms with Crippen LogP contribution in [0, 0.1) is 6.92 Å². The van der Waals surface area contributed by atoms with E-state index in [4.69, 9.17) is 12.2 Å². The number of thiocarbonyl (C=S) groups is 1. The standard InChI is InChI=1S/C21H22N4S/c1-15-11-12-18(24(15)2)20-19(17-10-6-7-13-22-17)23-21(26)25(20)14-16-8-4-3-5-9-16/h3-13,19-20H,14H2,1-2H3,(H,23,26). The highest BCUT2D eigenvalue weighted by molar-refractivity contribution is 7.80. The third kappa shape index (κ3) is 2.99. The summed E-state index contributed by atoms with van der Waals surface area (Å²) < 4.78 is 2.24. The van der Waals surface area contributed by atoms with Gasteiger partial charge in [-0.25, -0.2) is 0 Å². The first-order chi connectivity index (χ1) is 12.6. The molecule has 0 bridgehead atoms. The lowest BCUT2D eigenvalue weighted by atomic mass is 10.0. The fourth-order valence-corrected chi connectivity index (χ4v) is 3.91. The minimum Gasteiger partial charge on any atom is -0.352 e. The molecule has 0 aliphatic carbocycles. The van der Waals surface area contributed by atoms with Crippen LogP contribution in [0.4, 0.5) is 0 Å². The Morgan fingerprint density at radius 2 is 1.81 bits per heavy atom. The summed E-state index contributed by atoms with van der Waals surface area (Å²) >= 11 is 5.72. The minimum atomic E-state index is 0.0282. The molecule has 4 nitrogen and oxygen atoms in total. The van der Waals surface area contributed by atoms with Gasteiger partial charge >= 0.3 is 0 Å². The van der Waals surface area contributed by atoms with Crippen LogP contribution in [0.15, 0.2) is 66.9 Å². The molecule has 0 amide bonds. The zero-order valence-electron chi connectivity index (χ0n) is 15.0. The van der Waals surface area contributed by atoms with Crippen molar-refractivity contribution in [2.45, 2.75) is 25.6 Å². The molecule has 1 N–H and O–H groups in total. The number of hydrogen-bond acceptors (Lipinski definition) is 2. The van der Waals surface area contributed by atoms with Crippen molar-refractivity contribution in [1.29, 1.82) is 0 Å². The predicted octanol–water partition coefficient (Wildman–Crippen LogP) is 3.90. The molecule has 3 heterocycles. The molecule has 3 aromatic rings. The van der Waals surface area contributed by atoms with E-state index in [0.29, 0.717) is 0 Å². The van der Waals surface area contributed by atoms with Crippen molar-refractivity contribution in [2.24, 2.45) is 7.05 Å². The van der Waals surface area contributed by atoms with E-state index in [2.05, 4.69) is 76.2 Å². The summed E-state index contributed by atoms with van der Waals surface area (Å²) in [6.07, 6.45) is 1.84. The lowest BCUT2D eigenvalue weighted by molar-refractivity contribution is 0.299. The molecule has 2 unspecified atom stereocenters. The monoisotopic (exact) mass is 362 g/mol. The molecule has 1 saturated heterocycles. The van der Waals surface area contributed by atoms with Crippen LogP contribution in [-0.2, 0) is 13.6 Å². The summed E-state index contributed by atoms with van der Waals surface area (Å²) in [5.41, 5.74) is 4.72. The predicted molar refractivity (Wildman–Crippen MR) is 108 cm³/mol. The molecule has 1 aliphatic heterocycles. The summed E-state index contributed by atoms with van der Waals surface area (Å²) in [6, 6.07) is 21.0. The van der Waals surface area contributed by atoms with E-state index in [0.717, 1.165) is 17.4 Å². The molecule has 1 fully saturated rings. The van der Waals surface area contributed by atoms with Crippen LogP contribution in [0.2, 0.25) is 0 Å². The lowest BCUT2D eigenvalue weighted by Crippen LogP contribution is -2.30. The van der Waals surface area contributed by atoms with Gasteiger partial charge in [-0.1, -0.05) is 36.4 Å². The molecule has 132 valence electrons. The number of aromatic nitrogens is 2. The Morgan fingerprint density at radius 1 is 1.04 bits per heavy atom. The highest BCUT2D eigenvalue weighted by atomic mass is 32.1. The van der Waals surface area contributed by atoms with Gasteiger partial charge in [0.2, 0.25) is 0 Å². The summed E-state index contributed by atoms with van der Waals surface area (Å²) in [6.45, 7) is 2.90. The van der Waals surface area contributed by atoms with E-state index in [1.54, 1.807) is 0 Å². The first kappa shape index (κ1) is 16.8. The average molecular weight is 363 g/mol. The molecule has 26 heavy (non-hydrogen) atoms. The second kappa shape index (κ2) is 6.92. The Bertz CT molecular complexity index is 904. The van der Waals surface area contributed by atoms with E-state index >= 15 is 0 Å². The van der Waals surface area contributed by atoms with Crippen LogP contribution in [0.3, 0.4) is 0 Å². The molecule has 1 aliphatic rings. The number of aryl methyl sites for hydroxylation is 1. The van der Waals surface area contributed by atoms with Crippen molar-refractivity contribution < 1.29 is 0 Å². The van der Waals surface area contributed by atoms with Crippen molar-refractivity contribution in [3.63, 3.8) is 0 Å². The Hall–Kier alpha value is -2.66. The minimum absolute atomic E-state index is 0.0282. The van der Waals surface area contributed by atoms with E-state index in [9.17, 15) is 0 Å². The average Bonchev–Trinajstić information content (AvgIpc) is 3.17. The van der Waals surface area contributed by atoms with Crippen LogP contribution in [0.25, 0.3) is 0 Å². The van der Waals surface area contributed by atoms with Gasteiger partial charge in [0.1, 0.15) is 0 Å². The van der Waals surface area contributed by atoms with Crippen LogP contribution in [0.1, 0.15) is 34.7 Å². The van der Waals surface area contributed by atoms with Crippen molar-refractivity contribution >= 4 is 17.3 Å². The smallest absolute Gasteiger partial charge is 0.170 e. The Balaban J connectivity index is 1.76. The molecule has 4 rings (SSSR count). The van der Waals surface area contributed by atoms with Gasteiger partial charge in [0, 0.05) is 31.2 Å². The molecule has 2 atom stereocenters. The topological polar surface area (TPSA) is 33.1 Å². The number of hydrogen-bond donors (Lipinski definition) is 1. The van der Waals surface area contributed by atoms with Crippen LogP contribution in [0.5, 0.6) is 0 Å². The molecular weight excluding hydrogens is 340 g/mol. The van der Waals surface area contributed by atoms with Gasteiger partial charge in [0.05, 0.1) is 17.8 Å². The van der Waals surface area contributed by atoms with Crippen molar-refractivity contribution in [2.75, 3.05) is 0 Å². The molecule has 0 spiro atoms. The third-order valence-electron chi connectivity index (χ3n) is 5.11. The summed E-state index contributed by atoms with van der Waals surface area (Å²) in [5, 5.41) is 4.28. The van der Waals surface area contributed by atoms with Gasteiger partial charge in [0.15, 0.2) is 5.11 Å². The van der Waals surface area contributed by atoms with Crippen LogP contribution >= 0.6 is 12.2 Å². The first-order valence-corrected chi connectivity index (χ1v) is 9.20. The number of nitrogens with one attached hydrogen (secondary N) is 1. The quantitative estimate of drug-likeness (QED) is 0.714. The van der Waals surface area contributed by atoms with Gasteiger partial charge in [0.25, 0.3) is 0 Å². The summed E-state index contributed by atoms with van der Waals surface area (Å²) in [5.74, 6) is 0. The molecular formula is C21H22N4S. The van der Waals surface area contributed by atoms with Crippen molar-refractivity contribution in [3.8, 4) is 0 Å².